The maximum absolute atomic E-state index is 10.7. The Morgan fingerprint density at radius 2 is 2.12 bits per heavy atom. The summed E-state index contributed by atoms with van der Waals surface area (Å²) in [5.41, 5.74) is 1.95. The van der Waals surface area contributed by atoms with Gasteiger partial charge in [-0.2, -0.15) is 0 Å². The molecule has 1 aliphatic carbocycles. The minimum Gasteiger partial charge on any atom is -0.385 e. The van der Waals surface area contributed by atoms with E-state index in [0.29, 0.717) is 5.92 Å². The van der Waals surface area contributed by atoms with Gasteiger partial charge in [0.05, 0.1) is 5.60 Å². The van der Waals surface area contributed by atoms with Gasteiger partial charge >= 0.3 is 0 Å². The molecule has 0 aromatic carbocycles. The molecule has 2 nitrogen and oxygen atoms in total. The molecule has 0 amide bonds. The molecule has 1 saturated heterocycles. The first-order chi connectivity index (χ1) is 7.91. The highest BCUT2D eigenvalue weighted by Crippen LogP contribution is 2.56. The van der Waals surface area contributed by atoms with Gasteiger partial charge in [-0.1, -0.05) is 31.6 Å². The summed E-state index contributed by atoms with van der Waals surface area (Å²) in [5.74, 6) is 0.667. The molecular formula is C15H22O2. The van der Waals surface area contributed by atoms with Crippen molar-refractivity contribution < 1.29 is 9.84 Å². The predicted molar refractivity (Wildman–Crippen MR) is 67.6 cm³/mol. The van der Waals surface area contributed by atoms with Crippen molar-refractivity contribution in [3.05, 3.63) is 23.3 Å². The molecule has 3 aliphatic rings. The van der Waals surface area contributed by atoms with E-state index in [-0.39, 0.29) is 11.5 Å². The van der Waals surface area contributed by atoms with E-state index < -0.39 is 11.7 Å². The number of allylic oxidation sites excluding steroid dienone is 1. The number of hydrogen-bond donors (Lipinski definition) is 1. The molecule has 0 aromatic heterocycles. The van der Waals surface area contributed by atoms with Crippen LogP contribution in [0.4, 0.5) is 0 Å². The fourth-order valence-electron chi connectivity index (χ4n) is 3.93. The van der Waals surface area contributed by atoms with Crippen LogP contribution in [0.25, 0.3) is 0 Å². The lowest BCUT2D eigenvalue weighted by Gasteiger charge is -2.49. The van der Waals surface area contributed by atoms with Crippen molar-refractivity contribution in [3.63, 3.8) is 0 Å². The van der Waals surface area contributed by atoms with Crippen LogP contribution in [0.2, 0.25) is 0 Å². The van der Waals surface area contributed by atoms with Crippen LogP contribution in [-0.4, -0.2) is 22.4 Å². The van der Waals surface area contributed by atoms with Crippen LogP contribution in [0.15, 0.2) is 23.3 Å². The number of aliphatic hydroxyl groups is 1. The molecule has 0 aromatic rings. The molecule has 2 heterocycles. The first-order valence-corrected chi connectivity index (χ1v) is 6.69. The molecule has 2 bridgehead atoms. The Morgan fingerprint density at radius 3 is 2.76 bits per heavy atom. The summed E-state index contributed by atoms with van der Waals surface area (Å²) in [6.45, 7) is 8.60. The van der Waals surface area contributed by atoms with Gasteiger partial charge in [0.15, 0.2) is 0 Å². The minimum absolute atomic E-state index is 0.198. The van der Waals surface area contributed by atoms with Gasteiger partial charge in [-0.3, -0.25) is 0 Å². The summed E-state index contributed by atoms with van der Waals surface area (Å²) in [6, 6.07) is 0. The average molecular weight is 234 g/mol. The summed E-state index contributed by atoms with van der Waals surface area (Å²) in [4.78, 5) is 0. The van der Waals surface area contributed by atoms with Crippen LogP contribution in [0.5, 0.6) is 0 Å². The zero-order valence-electron chi connectivity index (χ0n) is 11.2. The Morgan fingerprint density at radius 1 is 1.41 bits per heavy atom. The number of ether oxygens (including phenoxy) is 1. The zero-order chi connectivity index (χ0) is 12.4. The van der Waals surface area contributed by atoms with Crippen LogP contribution in [0, 0.1) is 11.8 Å². The van der Waals surface area contributed by atoms with Gasteiger partial charge in [0, 0.05) is 5.92 Å². The molecule has 0 spiro atoms. The van der Waals surface area contributed by atoms with Crippen molar-refractivity contribution >= 4 is 0 Å². The van der Waals surface area contributed by atoms with Gasteiger partial charge in [-0.05, 0) is 38.2 Å². The Balaban J connectivity index is 2.14. The molecule has 94 valence electrons. The Labute approximate surface area is 103 Å². The van der Waals surface area contributed by atoms with Crippen LogP contribution in [-0.2, 0) is 4.74 Å². The van der Waals surface area contributed by atoms with Crippen LogP contribution < -0.4 is 0 Å². The van der Waals surface area contributed by atoms with E-state index in [2.05, 4.69) is 39.8 Å². The van der Waals surface area contributed by atoms with Crippen LogP contribution in [0.1, 0.15) is 40.5 Å². The van der Waals surface area contributed by atoms with E-state index in [9.17, 15) is 5.11 Å². The van der Waals surface area contributed by atoms with Crippen molar-refractivity contribution in [1.82, 2.24) is 0 Å². The van der Waals surface area contributed by atoms with Crippen LogP contribution >= 0.6 is 0 Å². The lowest BCUT2D eigenvalue weighted by atomic mass is 9.74. The lowest BCUT2D eigenvalue weighted by Crippen LogP contribution is -2.57. The maximum atomic E-state index is 10.7. The van der Waals surface area contributed by atoms with Gasteiger partial charge in [0.2, 0.25) is 0 Å². The third kappa shape index (κ3) is 1.23. The van der Waals surface area contributed by atoms with E-state index >= 15 is 0 Å². The first-order valence-electron chi connectivity index (χ1n) is 6.69. The second-order valence-corrected chi connectivity index (χ2v) is 6.36. The van der Waals surface area contributed by atoms with Crippen molar-refractivity contribution in [3.8, 4) is 0 Å². The van der Waals surface area contributed by atoms with Gasteiger partial charge in [-0.25, -0.2) is 0 Å². The molecule has 3 rings (SSSR count). The van der Waals surface area contributed by atoms with Crippen molar-refractivity contribution in [2.45, 2.75) is 57.8 Å². The molecule has 0 saturated carbocycles. The second kappa shape index (κ2) is 3.24. The lowest BCUT2D eigenvalue weighted by molar-refractivity contribution is -0.189. The Hall–Kier alpha value is -0.600. The largest absolute Gasteiger partial charge is 0.385 e. The SMILES string of the molecule is CC1=C2[C@@H](O)[C@@]3(C(C)C)C=C[C@](C)(O3)[C@H]2CC1. The topological polar surface area (TPSA) is 29.5 Å². The van der Waals surface area contributed by atoms with E-state index in [0.717, 1.165) is 12.8 Å². The van der Waals surface area contributed by atoms with E-state index in [1.54, 1.807) is 0 Å². The van der Waals surface area contributed by atoms with E-state index in [1.807, 2.05) is 0 Å². The van der Waals surface area contributed by atoms with Gasteiger partial charge in [-0.15, -0.1) is 0 Å². The van der Waals surface area contributed by atoms with Crippen LogP contribution in [0.3, 0.4) is 0 Å². The fourth-order valence-corrected chi connectivity index (χ4v) is 3.93. The molecule has 0 unspecified atom stereocenters. The smallest absolute Gasteiger partial charge is 0.119 e. The van der Waals surface area contributed by atoms with Gasteiger partial charge in [0.1, 0.15) is 11.7 Å². The molecular weight excluding hydrogens is 212 g/mol. The number of aliphatic hydroxyl groups excluding tert-OH is 1. The molecule has 0 radical (unpaired) electrons. The minimum atomic E-state index is -0.494. The monoisotopic (exact) mass is 234 g/mol. The van der Waals surface area contributed by atoms with Crippen molar-refractivity contribution in [1.29, 1.82) is 0 Å². The highest BCUT2D eigenvalue weighted by molar-refractivity contribution is 5.41. The molecule has 2 aliphatic heterocycles. The quantitative estimate of drug-likeness (QED) is 0.707. The third-order valence-electron chi connectivity index (χ3n) is 5.06. The highest BCUT2D eigenvalue weighted by atomic mass is 16.5. The van der Waals surface area contributed by atoms with Gasteiger partial charge in [0.25, 0.3) is 0 Å². The zero-order valence-corrected chi connectivity index (χ0v) is 11.2. The number of rotatable bonds is 1. The van der Waals surface area contributed by atoms with Crippen molar-refractivity contribution in [2.24, 2.45) is 11.8 Å². The third-order valence-corrected chi connectivity index (χ3v) is 5.06. The standard InChI is InChI=1S/C15H22O2/c1-9(2)15-8-7-14(4,17-15)11-6-5-10(3)12(11)13(15)16/h7-9,11,13,16H,5-6H2,1-4H3/t11-,13+,14-,15-/m0/s1. The summed E-state index contributed by atoms with van der Waals surface area (Å²) in [5, 5.41) is 10.7. The number of fused-ring (bicyclic) bond motifs is 4. The number of hydrogen-bond acceptors (Lipinski definition) is 2. The maximum Gasteiger partial charge on any atom is 0.119 e. The fraction of sp³-hybridized carbons (Fsp3) is 0.733. The molecule has 2 heteroatoms. The molecule has 4 atom stereocenters. The Kier molecular flexibility index (Phi) is 2.19. The Bertz CT molecular complexity index is 421. The molecule has 1 fully saturated rings. The van der Waals surface area contributed by atoms with Gasteiger partial charge < -0.3 is 9.84 Å². The summed E-state index contributed by atoms with van der Waals surface area (Å²) in [6.07, 6.45) is 6.07. The van der Waals surface area contributed by atoms with E-state index in [4.69, 9.17) is 4.74 Å². The van der Waals surface area contributed by atoms with Crippen molar-refractivity contribution in [2.75, 3.05) is 0 Å². The molecule has 17 heavy (non-hydrogen) atoms. The average Bonchev–Trinajstić information content (AvgIpc) is 2.78. The summed E-state index contributed by atoms with van der Waals surface area (Å²) >= 11 is 0. The molecule has 1 N–H and O–H groups in total. The summed E-state index contributed by atoms with van der Waals surface area (Å²) < 4.78 is 6.31. The highest BCUT2D eigenvalue weighted by Gasteiger charge is 2.60. The normalized spacial score (nSPS) is 48.1. The first kappa shape index (κ1) is 11.5. The van der Waals surface area contributed by atoms with E-state index in [1.165, 1.54) is 11.1 Å². The second-order valence-electron chi connectivity index (χ2n) is 6.36. The predicted octanol–water partition coefficient (Wildman–Crippen LogP) is 2.83. The summed E-state index contributed by atoms with van der Waals surface area (Å²) in [7, 11) is 0.